The van der Waals surface area contributed by atoms with E-state index in [0.717, 1.165) is 5.56 Å². The zero-order valence-corrected chi connectivity index (χ0v) is 14.4. The first kappa shape index (κ1) is 18.5. The number of amides is 1. The molecule has 7 heteroatoms. The van der Waals surface area contributed by atoms with Gasteiger partial charge in [0.2, 0.25) is 0 Å². The summed E-state index contributed by atoms with van der Waals surface area (Å²) in [5.74, 6) is -1.76. The summed E-state index contributed by atoms with van der Waals surface area (Å²) < 4.78 is 9.56. The third-order valence-electron chi connectivity index (χ3n) is 3.28. The highest BCUT2D eigenvalue weighted by Gasteiger charge is 2.14. The second-order valence-corrected chi connectivity index (χ2v) is 5.58. The summed E-state index contributed by atoms with van der Waals surface area (Å²) in [5.41, 5.74) is 1.83. The zero-order valence-electron chi connectivity index (χ0n) is 13.7. The molecule has 2 aromatic rings. The fourth-order valence-electron chi connectivity index (χ4n) is 1.97. The predicted molar refractivity (Wildman–Crippen MR) is 92.9 cm³/mol. The Bertz CT molecular complexity index is 802. The van der Waals surface area contributed by atoms with Crippen molar-refractivity contribution in [3.8, 4) is 0 Å². The van der Waals surface area contributed by atoms with Crippen molar-refractivity contribution in [1.82, 2.24) is 0 Å². The minimum absolute atomic E-state index is 0.124. The van der Waals surface area contributed by atoms with Gasteiger partial charge in [-0.3, -0.25) is 4.79 Å². The Balaban J connectivity index is 1.95. The molecule has 0 spiro atoms. The van der Waals surface area contributed by atoms with E-state index in [2.05, 4.69) is 10.1 Å². The van der Waals surface area contributed by atoms with Crippen LogP contribution in [0.15, 0.2) is 42.5 Å². The van der Waals surface area contributed by atoms with Crippen molar-refractivity contribution < 1.29 is 23.9 Å². The first-order chi connectivity index (χ1) is 11.9. The molecular formula is C18H16ClNO5. The van der Waals surface area contributed by atoms with E-state index in [0.29, 0.717) is 11.3 Å². The van der Waals surface area contributed by atoms with Crippen molar-refractivity contribution in [3.05, 3.63) is 64.2 Å². The molecule has 0 aliphatic rings. The summed E-state index contributed by atoms with van der Waals surface area (Å²) in [7, 11) is 1.23. The molecule has 25 heavy (non-hydrogen) atoms. The van der Waals surface area contributed by atoms with E-state index in [1.165, 1.54) is 25.3 Å². The number of carbonyl (C=O) groups is 3. The molecule has 0 aliphatic heterocycles. The van der Waals surface area contributed by atoms with Crippen molar-refractivity contribution in [3.63, 3.8) is 0 Å². The largest absolute Gasteiger partial charge is 0.465 e. The van der Waals surface area contributed by atoms with Crippen LogP contribution in [0.4, 0.5) is 5.69 Å². The molecule has 130 valence electrons. The lowest BCUT2D eigenvalue weighted by molar-refractivity contribution is -0.119. The maximum absolute atomic E-state index is 11.9. The van der Waals surface area contributed by atoms with Gasteiger partial charge in [-0.25, -0.2) is 9.59 Å². The lowest BCUT2D eigenvalue weighted by atomic mass is 10.1. The molecule has 6 nitrogen and oxygen atoms in total. The van der Waals surface area contributed by atoms with Crippen molar-refractivity contribution >= 4 is 35.1 Å². The third-order valence-corrected chi connectivity index (χ3v) is 3.61. The minimum Gasteiger partial charge on any atom is -0.465 e. The summed E-state index contributed by atoms with van der Waals surface area (Å²) in [4.78, 5) is 35.3. The van der Waals surface area contributed by atoms with E-state index in [9.17, 15) is 14.4 Å². The number of hydrogen-bond acceptors (Lipinski definition) is 5. The topological polar surface area (TPSA) is 81.7 Å². The number of esters is 2. The third kappa shape index (κ3) is 5.06. The SMILES string of the molecule is COC(=O)c1cc(NC(=O)COC(=O)c2ccc(C)cc2)ccc1Cl. The van der Waals surface area contributed by atoms with Crippen LogP contribution in [0, 0.1) is 6.92 Å². The second kappa shape index (κ2) is 8.30. The van der Waals surface area contributed by atoms with Gasteiger partial charge in [0.15, 0.2) is 6.61 Å². The van der Waals surface area contributed by atoms with Gasteiger partial charge in [0.1, 0.15) is 0 Å². The number of carbonyl (C=O) groups excluding carboxylic acids is 3. The Kier molecular flexibility index (Phi) is 6.14. The molecule has 0 aromatic heterocycles. The molecule has 0 heterocycles. The molecular weight excluding hydrogens is 346 g/mol. The van der Waals surface area contributed by atoms with Crippen LogP contribution in [0.25, 0.3) is 0 Å². The van der Waals surface area contributed by atoms with Gasteiger partial charge in [-0.1, -0.05) is 29.3 Å². The van der Waals surface area contributed by atoms with Gasteiger partial charge in [-0.2, -0.15) is 0 Å². The van der Waals surface area contributed by atoms with E-state index in [1.54, 1.807) is 24.3 Å². The van der Waals surface area contributed by atoms with Gasteiger partial charge in [-0.05, 0) is 37.3 Å². The fourth-order valence-corrected chi connectivity index (χ4v) is 2.17. The molecule has 0 bridgehead atoms. The van der Waals surface area contributed by atoms with Crippen LogP contribution in [-0.4, -0.2) is 31.6 Å². The highest BCUT2D eigenvalue weighted by atomic mass is 35.5. The van der Waals surface area contributed by atoms with Gasteiger partial charge in [0, 0.05) is 5.69 Å². The Hall–Kier alpha value is -2.86. The fraction of sp³-hybridized carbons (Fsp3) is 0.167. The zero-order chi connectivity index (χ0) is 18.4. The molecule has 2 rings (SSSR count). The van der Waals surface area contributed by atoms with Gasteiger partial charge >= 0.3 is 11.9 Å². The number of anilines is 1. The monoisotopic (exact) mass is 361 g/mol. The molecule has 1 N–H and O–H groups in total. The summed E-state index contributed by atoms with van der Waals surface area (Å²) in [6.45, 7) is 1.44. The quantitative estimate of drug-likeness (QED) is 0.827. The summed E-state index contributed by atoms with van der Waals surface area (Å²) in [6.07, 6.45) is 0. The smallest absolute Gasteiger partial charge is 0.339 e. The van der Waals surface area contributed by atoms with Crippen LogP contribution in [0.1, 0.15) is 26.3 Å². The molecule has 0 saturated carbocycles. The van der Waals surface area contributed by atoms with Gasteiger partial charge in [0.25, 0.3) is 5.91 Å². The van der Waals surface area contributed by atoms with Crippen LogP contribution in [0.5, 0.6) is 0 Å². The van der Waals surface area contributed by atoms with Crippen LogP contribution >= 0.6 is 11.6 Å². The van der Waals surface area contributed by atoms with Crippen molar-refractivity contribution in [2.75, 3.05) is 19.0 Å². The number of halogens is 1. The highest BCUT2D eigenvalue weighted by molar-refractivity contribution is 6.33. The molecule has 1 amide bonds. The number of nitrogens with one attached hydrogen (secondary N) is 1. The lowest BCUT2D eigenvalue weighted by Gasteiger charge is -2.09. The Morgan fingerprint density at radius 1 is 1.04 bits per heavy atom. The van der Waals surface area contributed by atoms with Crippen LogP contribution in [-0.2, 0) is 14.3 Å². The van der Waals surface area contributed by atoms with Crippen molar-refractivity contribution in [2.24, 2.45) is 0 Å². The molecule has 0 aliphatic carbocycles. The lowest BCUT2D eigenvalue weighted by Crippen LogP contribution is -2.21. The number of rotatable bonds is 5. The second-order valence-electron chi connectivity index (χ2n) is 5.18. The standard InChI is InChI=1S/C18H16ClNO5/c1-11-3-5-12(6-4-11)17(22)25-10-16(21)20-13-7-8-15(19)14(9-13)18(23)24-2/h3-9H,10H2,1-2H3,(H,20,21). The van der Waals surface area contributed by atoms with E-state index < -0.39 is 24.5 Å². The molecule has 0 saturated heterocycles. The molecule has 0 atom stereocenters. The average molecular weight is 362 g/mol. The van der Waals surface area contributed by atoms with E-state index in [1.807, 2.05) is 6.92 Å². The summed E-state index contributed by atoms with van der Waals surface area (Å²) in [6, 6.07) is 11.2. The maximum Gasteiger partial charge on any atom is 0.339 e. The maximum atomic E-state index is 11.9. The number of ether oxygens (including phenoxy) is 2. The highest BCUT2D eigenvalue weighted by Crippen LogP contribution is 2.21. The number of benzene rings is 2. The van der Waals surface area contributed by atoms with E-state index >= 15 is 0 Å². The molecule has 0 radical (unpaired) electrons. The summed E-state index contributed by atoms with van der Waals surface area (Å²) >= 11 is 5.91. The van der Waals surface area contributed by atoms with Crippen LogP contribution in [0.2, 0.25) is 5.02 Å². The average Bonchev–Trinajstić information content (AvgIpc) is 2.61. The minimum atomic E-state index is -0.619. The Morgan fingerprint density at radius 3 is 2.36 bits per heavy atom. The number of methoxy groups -OCH3 is 1. The first-order valence-corrected chi connectivity index (χ1v) is 7.70. The number of hydrogen-bond donors (Lipinski definition) is 1. The van der Waals surface area contributed by atoms with Crippen molar-refractivity contribution in [1.29, 1.82) is 0 Å². The normalized spacial score (nSPS) is 10.0. The van der Waals surface area contributed by atoms with Gasteiger partial charge < -0.3 is 14.8 Å². The van der Waals surface area contributed by atoms with E-state index in [-0.39, 0.29) is 10.6 Å². The molecule has 0 fully saturated rings. The van der Waals surface area contributed by atoms with E-state index in [4.69, 9.17) is 16.3 Å². The first-order valence-electron chi connectivity index (χ1n) is 7.32. The summed E-state index contributed by atoms with van der Waals surface area (Å²) in [5, 5.41) is 2.73. The predicted octanol–water partition coefficient (Wildman–Crippen LogP) is 3.23. The molecule has 0 unspecified atom stereocenters. The van der Waals surface area contributed by atoms with Crippen LogP contribution < -0.4 is 5.32 Å². The number of aryl methyl sites for hydroxylation is 1. The van der Waals surface area contributed by atoms with Gasteiger partial charge in [-0.15, -0.1) is 0 Å². The van der Waals surface area contributed by atoms with Gasteiger partial charge in [0.05, 0.1) is 23.3 Å². The Morgan fingerprint density at radius 2 is 1.72 bits per heavy atom. The van der Waals surface area contributed by atoms with Crippen molar-refractivity contribution in [2.45, 2.75) is 6.92 Å². The molecule has 2 aromatic carbocycles. The van der Waals surface area contributed by atoms with Crippen LogP contribution in [0.3, 0.4) is 0 Å². The Labute approximate surface area is 149 Å².